The zero-order valence-electron chi connectivity index (χ0n) is 8.23. The van der Waals surface area contributed by atoms with E-state index >= 15 is 0 Å². The molecule has 82 valence electrons. The van der Waals surface area contributed by atoms with Gasteiger partial charge < -0.3 is 5.11 Å². The fourth-order valence-electron chi connectivity index (χ4n) is 1.29. The van der Waals surface area contributed by atoms with Gasteiger partial charge in [-0.2, -0.15) is 13.2 Å². The average molecular weight is 216 g/mol. The van der Waals surface area contributed by atoms with Crippen LogP contribution in [0.15, 0.2) is 18.7 Å². The lowest BCUT2D eigenvalue weighted by molar-refractivity contribution is -0.138. The van der Waals surface area contributed by atoms with Crippen molar-refractivity contribution in [2.75, 3.05) is 0 Å². The zero-order chi connectivity index (χ0) is 11.6. The number of hydrogen-bond acceptors (Lipinski definition) is 1. The second-order valence-corrected chi connectivity index (χ2v) is 3.14. The van der Waals surface area contributed by atoms with Crippen molar-refractivity contribution < 1.29 is 18.3 Å². The molecule has 1 aromatic carbocycles. The number of benzene rings is 1. The third-order valence-corrected chi connectivity index (χ3v) is 2.13. The number of hydrogen-bond donors (Lipinski definition) is 1. The van der Waals surface area contributed by atoms with Gasteiger partial charge in [0.25, 0.3) is 0 Å². The second-order valence-electron chi connectivity index (χ2n) is 3.14. The van der Waals surface area contributed by atoms with E-state index in [0.717, 1.165) is 6.07 Å². The van der Waals surface area contributed by atoms with Gasteiger partial charge in [0.2, 0.25) is 0 Å². The van der Waals surface area contributed by atoms with Crippen LogP contribution in [0.5, 0.6) is 5.75 Å². The first-order valence-electron chi connectivity index (χ1n) is 4.45. The maximum Gasteiger partial charge on any atom is 0.419 e. The van der Waals surface area contributed by atoms with Gasteiger partial charge in [-0.15, -0.1) is 0 Å². The van der Waals surface area contributed by atoms with Crippen molar-refractivity contribution in [2.45, 2.75) is 19.5 Å². The third-order valence-electron chi connectivity index (χ3n) is 2.13. The van der Waals surface area contributed by atoms with E-state index in [1.165, 1.54) is 12.1 Å². The number of phenolic OH excluding ortho intramolecular Hbond substituents is 1. The molecular weight excluding hydrogens is 205 g/mol. The summed E-state index contributed by atoms with van der Waals surface area (Å²) in [4.78, 5) is 0. The van der Waals surface area contributed by atoms with E-state index in [0.29, 0.717) is 12.0 Å². The minimum atomic E-state index is -4.53. The van der Waals surface area contributed by atoms with E-state index in [1.807, 2.05) is 0 Å². The lowest BCUT2D eigenvalue weighted by atomic mass is 10.0. The molecule has 1 nitrogen and oxygen atoms in total. The summed E-state index contributed by atoms with van der Waals surface area (Å²) in [5.74, 6) is -0.755. The summed E-state index contributed by atoms with van der Waals surface area (Å²) in [7, 11) is 0. The SMILES string of the molecule is C=Cc1cc(CC)cc(C(F)(F)F)c1O. The van der Waals surface area contributed by atoms with Crippen LogP contribution in [0.3, 0.4) is 0 Å². The number of halogens is 3. The van der Waals surface area contributed by atoms with Crippen molar-refractivity contribution in [1.82, 2.24) is 0 Å². The van der Waals surface area contributed by atoms with Gasteiger partial charge in [-0.05, 0) is 24.1 Å². The molecule has 0 radical (unpaired) electrons. The van der Waals surface area contributed by atoms with E-state index in [4.69, 9.17) is 0 Å². The van der Waals surface area contributed by atoms with Gasteiger partial charge in [0.15, 0.2) is 0 Å². The van der Waals surface area contributed by atoms with Crippen molar-refractivity contribution in [3.63, 3.8) is 0 Å². The van der Waals surface area contributed by atoms with Crippen LogP contribution in [0, 0.1) is 0 Å². The molecule has 0 amide bonds. The Morgan fingerprint density at radius 1 is 1.40 bits per heavy atom. The maximum atomic E-state index is 12.5. The fourth-order valence-corrected chi connectivity index (χ4v) is 1.29. The highest BCUT2D eigenvalue weighted by Gasteiger charge is 2.34. The molecule has 0 saturated heterocycles. The Morgan fingerprint density at radius 2 is 2.00 bits per heavy atom. The lowest BCUT2D eigenvalue weighted by Crippen LogP contribution is -2.07. The summed E-state index contributed by atoms with van der Waals surface area (Å²) in [6, 6.07) is 2.46. The summed E-state index contributed by atoms with van der Waals surface area (Å²) < 4.78 is 37.5. The van der Waals surface area contributed by atoms with Crippen LogP contribution < -0.4 is 0 Å². The molecule has 0 aliphatic rings. The highest BCUT2D eigenvalue weighted by atomic mass is 19.4. The summed E-state index contributed by atoms with van der Waals surface area (Å²) in [6.07, 6.45) is -2.85. The van der Waals surface area contributed by atoms with E-state index in [2.05, 4.69) is 6.58 Å². The largest absolute Gasteiger partial charge is 0.507 e. The Hall–Kier alpha value is -1.45. The van der Waals surface area contributed by atoms with Gasteiger partial charge in [0.05, 0.1) is 5.56 Å². The number of aromatic hydroxyl groups is 1. The van der Waals surface area contributed by atoms with Crippen molar-refractivity contribution in [1.29, 1.82) is 0 Å². The summed E-state index contributed by atoms with van der Waals surface area (Å²) in [5, 5.41) is 9.35. The van der Waals surface area contributed by atoms with Gasteiger partial charge in [-0.3, -0.25) is 0 Å². The Morgan fingerprint density at radius 3 is 2.40 bits per heavy atom. The van der Waals surface area contributed by atoms with Gasteiger partial charge in [-0.25, -0.2) is 0 Å². The predicted molar refractivity (Wildman–Crippen MR) is 52.6 cm³/mol. The number of alkyl halides is 3. The maximum absolute atomic E-state index is 12.5. The zero-order valence-corrected chi connectivity index (χ0v) is 8.23. The molecular formula is C11H11F3O. The van der Waals surface area contributed by atoms with Gasteiger partial charge in [-0.1, -0.05) is 19.6 Å². The number of phenols is 1. The summed E-state index contributed by atoms with van der Waals surface area (Å²) >= 11 is 0. The van der Waals surface area contributed by atoms with E-state index in [-0.39, 0.29) is 5.56 Å². The van der Waals surface area contributed by atoms with Crippen LogP contribution in [0.2, 0.25) is 0 Å². The lowest BCUT2D eigenvalue weighted by Gasteiger charge is -2.12. The fraction of sp³-hybridized carbons (Fsp3) is 0.273. The van der Waals surface area contributed by atoms with Crippen LogP contribution in [0.4, 0.5) is 13.2 Å². The highest BCUT2D eigenvalue weighted by Crippen LogP contribution is 2.38. The van der Waals surface area contributed by atoms with Crippen LogP contribution in [-0.4, -0.2) is 5.11 Å². The molecule has 0 heterocycles. The van der Waals surface area contributed by atoms with Gasteiger partial charge in [0.1, 0.15) is 5.75 Å². The molecule has 0 aliphatic carbocycles. The molecule has 4 heteroatoms. The van der Waals surface area contributed by atoms with Gasteiger partial charge >= 0.3 is 6.18 Å². The van der Waals surface area contributed by atoms with Crippen LogP contribution >= 0.6 is 0 Å². The molecule has 1 rings (SSSR count). The molecule has 0 saturated carbocycles. The molecule has 0 fully saturated rings. The molecule has 0 atom stereocenters. The molecule has 1 N–H and O–H groups in total. The monoisotopic (exact) mass is 216 g/mol. The molecule has 1 aromatic rings. The van der Waals surface area contributed by atoms with Crippen molar-refractivity contribution >= 4 is 6.08 Å². The normalized spacial score (nSPS) is 11.5. The average Bonchev–Trinajstić information content (AvgIpc) is 2.16. The van der Waals surface area contributed by atoms with Crippen LogP contribution in [0.1, 0.15) is 23.6 Å². The molecule has 0 spiro atoms. The molecule has 0 bridgehead atoms. The van der Waals surface area contributed by atoms with E-state index in [1.54, 1.807) is 6.92 Å². The second kappa shape index (κ2) is 3.96. The Kier molecular flexibility index (Phi) is 3.07. The van der Waals surface area contributed by atoms with E-state index < -0.39 is 17.5 Å². The molecule has 0 unspecified atom stereocenters. The number of rotatable bonds is 2. The Balaban J connectivity index is 3.44. The smallest absolute Gasteiger partial charge is 0.419 e. The Labute approximate surface area is 85.9 Å². The van der Waals surface area contributed by atoms with Crippen molar-refractivity contribution in [3.8, 4) is 5.75 Å². The van der Waals surface area contributed by atoms with Crippen LogP contribution in [0.25, 0.3) is 6.08 Å². The predicted octanol–water partition coefficient (Wildman–Crippen LogP) is 3.62. The first kappa shape index (κ1) is 11.6. The quantitative estimate of drug-likeness (QED) is 0.800. The topological polar surface area (TPSA) is 20.2 Å². The third kappa shape index (κ3) is 2.32. The summed E-state index contributed by atoms with van der Waals surface area (Å²) in [5.41, 5.74) is -0.367. The Bertz CT molecular complexity index is 380. The minimum absolute atomic E-state index is 0.113. The van der Waals surface area contributed by atoms with Crippen molar-refractivity contribution in [3.05, 3.63) is 35.4 Å². The van der Waals surface area contributed by atoms with Crippen LogP contribution in [-0.2, 0) is 12.6 Å². The molecule has 0 aromatic heterocycles. The van der Waals surface area contributed by atoms with Crippen molar-refractivity contribution in [2.24, 2.45) is 0 Å². The van der Waals surface area contributed by atoms with E-state index in [9.17, 15) is 18.3 Å². The first-order valence-corrected chi connectivity index (χ1v) is 4.45. The molecule has 15 heavy (non-hydrogen) atoms. The first-order chi connectivity index (χ1) is 6.90. The van der Waals surface area contributed by atoms with Gasteiger partial charge in [0, 0.05) is 5.56 Å². The summed E-state index contributed by atoms with van der Waals surface area (Å²) in [6.45, 7) is 5.11. The minimum Gasteiger partial charge on any atom is -0.507 e. The number of aryl methyl sites for hydroxylation is 1. The molecule has 0 aliphatic heterocycles. The highest BCUT2D eigenvalue weighted by molar-refractivity contribution is 5.60. The standard InChI is InChI=1S/C11H11F3O/c1-3-7-5-8(4-2)10(15)9(6-7)11(12,13)14/h4-6,15H,2-3H2,1H3.